The van der Waals surface area contributed by atoms with Crippen molar-refractivity contribution in [1.82, 2.24) is 14.9 Å². The Balaban J connectivity index is 1.54. The van der Waals surface area contributed by atoms with E-state index in [4.69, 9.17) is 5.73 Å². The maximum atomic E-state index is 14.0. The first kappa shape index (κ1) is 19.5. The van der Waals surface area contributed by atoms with Gasteiger partial charge in [-0.1, -0.05) is 23.5 Å². The predicted octanol–water partition coefficient (Wildman–Crippen LogP) is 3.86. The maximum Gasteiger partial charge on any atom is 0.324 e. The third-order valence-electron chi connectivity index (χ3n) is 4.69. The van der Waals surface area contributed by atoms with Crippen LogP contribution in [0.3, 0.4) is 0 Å². The number of nitrogens with two attached hydrogens (primary N) is 1. The van der Waals surface area contributed by atoms with Crippen LogP contribution in [-0.2, 0) is 4.79 Å². The molecule has 1 saturated heterocycles. The van der Waals surface area contributed by atoms with E-state index in [9.17, 15) is 14.0 Å². The van der Waals surface area contributed by atoms with Crippen LogP contribution < -0.4 is 11.1 Å². The number of carbonyl (C=O) groups is 2. The van der Waals surface area contributed by atoms with Gasteiger partial charge in [0.25, 0.3) is 0 Å². The van der Waals surface area contributed by atoms with Crippen LogP contribution in [0.2, 0.25) is 0 Å². The van der Waals surface area contributed by atoms with Crippen LogP contribution >= 0.6 is 22.7 Å². The molecule has 7 nitrogen and oxygen atoms in total. The van der Waals surface area contributed by atoms with E-state index < -0.39 is 18.0 Å². The van der Waals surface area contributed by atoms with Crippen molar-refractivity contribution in [1.29, 1.82) is 0 Å². The summed E-state index contributed by atoms with van der Waals surface area (Å²) >= 11 is 2.63. The number of nitrogens with one attached hydrogen (secondary N) is 1. The standard InChI is InChI=1S/C19H18FN5O2S2/c1-10-15(13-9-28-17(23-13)11-5-2-3-6-12(11)20)29-18(22-10)24-19(27)25-8-4-7-14(25)16(21)26/h2-3,5-6,9,14H,4,7-8H2,1H3,(H2,21,26)(H,22,24,27). The number of likely N-dealkylation sites (tertiary alicyclic amines) is 1. The van der Waals surface area contributed by atoms with Gasteiger partial charge >= 0.3 is 6.03 Å². The summed E-state index contributed by atoms with van der Waals surface area (Å²) in [6.07, 6.45) is 1.31. The van der Waals surface area contributed by atoms with Crippen molar-refractivity contribution in [2.75, 3.05) is 11.9 Å². The number of hydrogen-bond donors (Lipinski definition) is 2. The molecule has 0 radical (unpaired) electrons. The molecule has 1 aliphatic heterocycles. The molecule has 3 aromatic rings. The fraction of sp³-hybridized carbons (Fsp3) is 0.263. The number of nitrogens with zero attached hydrogens (tertiary/aromatic N) is 3. The zero-order valence-corrected chi connectivity index (χ0v) is 17.1. The van der Waals surface area contributed by atoms with E-state index in [1.807, 2.05) is 12.3 Å². The number of aromatic nitrogens is 2. The Morgan fingerprint density at radius 2 is 2.10 bits per heavy atom. The fourth-order valence-electron chi connectivity index (χ4n) is 3.29. The Hall–Kier alpha value is -2.85. The van der Waals surface area contributed by atoms with Crippen molar-refractivity contribution in [3.8, 4) is 21.1 Å². The van der Waals surface area contributed by atoms with E-state index in [0.717, 1.165) is 11.3 Å². The molecule has 1 unspecified atom stereocenters. The summed E-state index contributed by atoms with van der Waals surface area (Å²) < 4.78 is 14.0. The Kier molecular flexibility index (Phi) is 5.29. The molecule has 1 aromatic carbocycles. The van der Waals surface area contributed by atoms with Crippen molar-refractivity contribution >= 4 is 39.7 Å². The van der Waals surface area contributed by atoms with Gasteiger partial charge in [-0.3, -0.25) is 10.1 Å². The summed E-state index contributed by atoms with van der Waals surface area (Å²) in [6, 6.07) is 5.52. The first-order valence-corrected chi connectivity index (χ1v) is 10.7. The predicted molar refractivity (Wildman–Crippen MR) is 111 cm³/mol. The number of primary amides is 1. The minimum absolute atomic E-state index is 0.322. The summed E-state index contributed by atoms with van der Waals surface area (Å²) in [7, 11) is 0. The first-order valence-electron chi connectivity index (χ1n) is 8.99. The van der Waals surface area contributed by atoms with Crippen LogP contribution in [0.4, 0.5) is 14.3 Å². The molecule has 0 bridgehead atoms. The maximum absolute atomic E-state index is 14.0. The molecule has 4 rings (SSSR count). The molecule has 3 N–H and O–H groups in total. The van der Waals surface area contributed by atoms with Gasteiger partial charge < -0.3 is 10.6 Å². The van der Waals surface area contributed by atoms with Crippen molar-refractivity contribution in [3.05, 3.63) is 41.2 Å². The quantitative estimate of drug-likeness (QED) is 0.655. The number of thiazole rings is 2. The molecule has 0 saturated carbocycles. The third kappa shape index (κ3) is 3.85. The minimum atomic E-state index is -0.586. The van der Waals surface area contributed by atoms with Gasteiger partial charge in [-0.05, 0) is 31.9 Å². The molecule has 1 aliphatic rings. The van der Waals surface area contributed by atoms with Gasteiger partial charge in [0, 0.05) is 17.5 Å². The molecule has 3 heterocycles. The number of aryl methyl sites for hydroxylation is 1. The van der Waals surface area contributed by atoms with Crippen LogP contribution in [0.1, 0.15) is 18.5 Å². The molecule has 1 atom stereocenters. The summed E-state index contributed by atoms with van der Waals surface area (Å²) in [5.74, 6) is -0.825. The number of hydrogen-bond acceptors (Lipinski definition) is 6. The number of benzene rings is 1. The highest BCUT2D eigenvalue weighted by atomic mass is 32.1. The van der Waals surface area contributed by atoms with Gasteiger partial charge in [0.05, 0.1) is 16.3 Å². The van der Waals surface area contributed by atoms with E-state index >= 15 is 0 Å². The second-order valence-corrected chi connectivity index (χ2v) is 8.49. The van der Waals surface area contributed by atoms with Crippen LogP contribution in [0.15, 0.2) is 29.6 Å². The zero-order valence-electron chi connectivity index (χ0n) is 15.5. The van der Waals surface area contributed by atoms with Gasteiger partial charge in [0.2, 0.25) is 5.91 Å². The van der Waals surface area contributed by atoms with Gasteiger partial charge in [-0.15, -0.1) is 11.3 Å². The monoisotopic (exact) mass is 431 g/mol. The number of carbonyl (C=O) groups excluding carboxylic acids is 2. The van der Waals surface area contributed by atoms with Gasteiger partial charge in [-0.25, -0.2) is 19.2 Å². The lowest BCUT2D eigenvalue weighted by Gasteiger charge is -2.21. The Bertz CT molecular complexity index is 1080. The molecule has 2 aromatic heterocycles. The second-order valence-electron chi connectivity index (χ2n) is 6.64. The van der Waals surface area contributed by atoms with Crippen LogP contribution in [0.25, 0.3) is 21.1 Å². The number of urea groups is 1. The van der Waals surface area contributed by atoms with E-state index in [-0.39, 0.29) is 5.82 Å². The number of rotatable bonds is 4. The molecule has 150 valence electrons. The Labute approximate surface area is 174 Å². The topological polar surface area (TPSA) is 101 Å². The molecular weight excluding hydrogens is 413 g/mol. The first-order chi connectivity index (χ1) is 13.9. The molecule has 0 aliphatic carbocycles. The molecule has 29 heavy (non-hydrogen) atoms. The average molecular weight is 432 g/mol. The molecule has 3 amide bonds. The third-order valence-corrected chi connectivity index (χ3v) is 6.66. The van der Waals surface area contributed by atoms with Crippen LogP contribution in [-0.4, -0.2) is 39.4 Å². The largest absolute Gasteiger partial charge is 0.368 e. The summed E-state index contributed by atoms with van der Waals surface area (Å²) in [4.78, 5) is 35.2. The lowest BCUT2D eigenvalue weighted by molar-refractivity contribution is -0.121. The fourth-order valence-corrected chi connectivity index (χ4v) is 5.12. The number of anilines is 1. The van der Waals surface area contributed by atoms with Crippen LogP contribution in [0.5, 0.6) is 0 Å². The van der Waals surface area contributed by atoms with E-state index in [0.29, 0.717) is 40.1 Å². The highest BCUT2D eigenvalue weighted by molar-refractivity contribution is 7.19. The number of halogens is 1. The Morgan fingerprint density at radius 3 is 2.86 bits per heavy atom. The van der Waals surface area contributed by atoms with Crippen molar-refractivity contribution in [2.24, 2.45) is 5.73 Å². The normalized spacial score (nSPS) is 16.2. The second kappa shape index (κ2) is 7.88. The van der Waals surface area contributed by atoms with E-state index in [2.05, 4.69) is 15.3 Å². The number of amides is 3. The summed E-state index contributed by atoms with van der Waals surface area (Å²) in [5.41, 5.74) is 7.22. The molecule has 10 heteroatoms. The molecule has 1 fully saturated rings. The summed E-state index contributed by atoms with van der Waals surface area (Å²) in [5, 5.41) is 5.59. The van der Waals surface area contributed by atoms with E-state index in [1.165, 1.54) is 33.6 Å². The van der Waals surface area contributed by atoms with Crippen molar-refractivity contribution in [3.63, 3.8) is 0 Å². The molecular formula is C19H18FN5O2S2. The highest BCUT2D eigenvalue weighted by Crippen LogP contribution is 2.36. The van der Waals surface area contributed by atoms with Gasteiger partial charge in [0.1, 0.15) is 16.9 Å². The smallest absolute Gasteiger partial charge is 0.324 e. The minimum Gasteiger partial charge on any atom is -0.368 e. The van der Waals surface area contributed by atoms with Gasteiger partial charge in [-0.2, -0.15) is 0 Å². The van der Waals surface area contributed by atoms with Crippen molar-refractivity contribution < 1.29 is 14.0 Å². The average Bonchev–Trinajstić information content (AvgIpc) is 3.41. The SMILES string of the molecule is Cc1nc(NC(=O)N2CCCC2C(N)=O)sc1-c1csc(-c2ccccc2F)n1. The van der Waals surface area contributed by atoms with E-state index in [1.54, 1.807) is 18.2 Å². The van der Waals surface area contributed by atoms with Gasteiger partial charge in [0.15, 0.2) is 5.13 Å². The lowest BCUT2D eigenvalue weighted by atomic mass is 10.2. The summed E-state index contributed by atoms with van der Waals surface area (Å²) in [6.45, 7) is 2.31. The highest BCUT2D eigenvalue weighted by Gasteiger charge is 2.33. The zero-order chi connectivity index (χ0) is 20.5. The van der Waals surface area contributed by atoms with Crippen LogP contribution in [0, 0.1) is 12.7 Å². The molecule has 0 spiro atoms. The van der Waals surface area contributed by atoms with Crippen molar-refractivity contribution in [2.45, 2.75) is 25.8 Å². The Morgan fingerprint density at radius 1 is 1.31 bits per heavy atom. The lowest BCUT2D eigenvalue weighted by Crippen LogP contribution is -2.45.